The van der Waals surface area contributed by atoms with E-state index in [4.69, 9.17) is 16.7 Å². The van der Waals surface area contributed by atoms with Crippen LogP contribution in [0.25, 0.3) is 0 Å². The highest BCUT2D eigenvalue weighted by Crippen LogP contribution is 2.31. The van der Waals surface area contributed by atoms with Gasteiger partial charge < -0.3 is 14.6 Å². The van der Waals surface area contributed by atoms with Gasteiger partial charge in [0.2, 0.25) is 0 Å². The molecule has 1 fully saturated rings. The molecule has 18 heavy (non-hydrogen) atoms. The van der Waals surface area contributed by atoms with Gasteiger partial charge in [-0.15, -0.1) is 0 Å². The number of aliphatic carboxylic acids is 1. The van der Waals surface area contributed by atoms with E-state index in [1.165, 1.54) is 0 Å². The Balaban J connectivity index is 2.18. The van der Waals surface area contributed by atoms with Crippen LogP contribution < -0.4 is 0 Å². The number of aryl methyl sites for hydroxylation is 1. The van der Waals surface area contributed by atoms with E-state index in [2.05, 4.69) is 0 Å². The van der Waals surface area contributed by atoms with E-state index in [-0.39, 0.29) is 12.5 Å². The first-order valence-corrected chi connectivity index (χ1v) is 6.06. The highest BCUT2D eigenvalue weighted by atomic mass is 35.5. The fraction of sp³-hybridized carbons (Fsp3) is 0.500. The number of amides is 1. The molecule has 0 aliphatic carbocycles. The minimum atomic E-state index is -0.859. The van der Waals surface area contributed by atoms with Crippen LogP contribution in [-0.4, -0.2) is 39.5 Å². The second-order valence-electron chi connectivity index (χ2n) is 5.00. The van der Waals surface area contributed by atoms with Crippen LogP contribution in [0.2, 0.25) is 5.02 Å². The highest BCUT2D eigenvalue weighted by Gasteiger charge is 2.42. The van der Waals surface area contributed by atoms with Gasteiger partial charge >= 0.3 is 5.97 Å². The Labute approximate surface area is 110 Å². The Kier molecular flexibility index (Phi) is 3.11. The molecule has 1 aromatic heterocycles. The number of hydrogen-bond donors (Lipinski definition) is 1. The number of likely N-dealkylation sites (tertiary alicyclic amines) is 1. The average molecular weight is 271 g/mol. The lowest BCUT2D eigenvalue weighted by Crippen LogP contribution is -2.35. The second kappa shape index (κ2) is 4.31. The molecule has 1 aliphatic rings. The monoisotopic (exact) mass is 270 g/mol. The van der Waals surface area contributed by atoms with E-state index in [9.17, 15) is 9.59 Å². The molecular formula is C12H15ClN2O3. The number of carbonyl (C=O) groups is 2. The van der Waals surface area contributed by atoms with Gasteiger partial charge in [-0.2, -0.15) is 0 Å². The van der Waals surface area contributed by atoms with Gasteiger partial charge in [0.05, 0.1) is 10.4 Å². The first kappa shape index (κ1) is 13.0. The number of carboxylic acid groups (broad SMARTS) is 1. The van der Waals surface area contributed by atoms with E-state index >= 15 is 0 Å². The highest BCUT2D eigenvalue weighted by molar-refractivity contribution is 6.31. The van der Waals surface area contributed by atoms with Crippen LogP contribution in [0.1, 0.15) is 23.8 Å². The van der Waals surface area contributed by atoms with Crippen LogP contribution in [0.5, 0.6) is 0 Å². The Morgan fingerprint density at radius 1 is 1.50 bits per heavy atom. The van der Waals surface area contributed by atoms with Gasteiger partial charge in [-0.05, 0) is 19.4 Å². The van der Waals surface area contributed by atoms with Crippen molar-refractivity contribution in [2.75, 3.05) is 13.1 Å². The molecule has 1 saturated heterocycles. The van der Waals surface area contributed by atoms with Crippen molar-refractivity contribution in [1.29, 1.82) is 0 Å². The van der Waals surface area contributed by atoms with Crippen LogP contribution in [0.3, 0.4) is 0 Å². The average Bonchev–Trinajstić information content (AvgIpc) is 2.82. The summed E-state index contributed by atoms with van der Waals surface area (Å²) in [4.78, 5) is 24.9. The molecule has 1 aliphatic heterocycles. The quantitative estimate of drug-likeness (QED) is 0.888. The number of hydrogen-bond acceptors (Lipinski definition) is 2. The van der Waals surface area contributed by atoms with Crippen molar-refractivity contribution in [3.63, 3.8) is 0 Å². The summed E-state index contributed by atoms with van der Waals surface area (Å²) in [6.45, 7) is 2.37. The molecule has 2 rings (SSSR count). The minimum Gasteiger partial charge on any atom is -0.481 e. The van der Waals surface area contributed by atoms with E-state index in [0.717, 1.165) is 0 Å². The zero-order valence-electron chi connectivity index (χ0n) is 10.3. The minimum absolute atomic E-state index is 0.172. The molecule has 6 heteroatoms. The summed E-state index contributed by atoms with van der Waals surface area (Å²) in [6, 6.07) is 1.60. The van der Waals surface area contributed by atoms with Gasteiger partial charge in [0.1, 0.15) is 5.69 Å². The molecule has 1 atom stereocenters. The second-order valence-corrected chi connectivity index (χ2v) is 5.43. The van der Waals surface area contributed by atoms with E-state index in [0.29, 0.717) is 23.7 Å². The predicted molar refractivity (Wildman–Crippen MR) is 66.7 cm³/mol. The molecule has 98 valence electrons. The third-order valence-electron chi connectivity index (χ3n) is 3.47. The van der Waals surface area contributed by atoms with E-state index in [1.54, 1.807) is 35.7 Å². The number of nitrogens with zero attached hydrogens (tertiary/aromatic N) is 2. The van der Waals surface area contributed by atoms with Crippen molar-refractivity contribution in [1.82, 2.24) is 9.47 Å². The largest absolute Gasteiger partial charge is 0.481 e. The molecule has 2 heterocycles. The van der Waals surface area contributed by atoms with Crippen LogP contribution >= 0.6 is 11.6 Å². The third kappa shape index (κ3) is 2.10. The van der Waals surface area contributed by atoms with Gasteiger partial charge in [-0.25, -0.2) is 0 Å². The predicted octanol–water partition coefficient (Wildman–Crippen LogP) is 1.62. The lowest BCUT2D eigenvalue weighted by atomic mass is 9.90. The normalized spacial score (nSPS) is 23.4. The SMILES string of the molecule is Cn1cc(Cl)cc1C(=O)N1CC[C@@](C)(C(=O)O)C1. The molecular weight excluding hydrogens is 256 g/mol. The van der Waals surface area contributed by atoms with Crippen LogP contribution in [0.4, 0.5) is 0 Å². The Hall–Kier alpha value is -1.49. The van der Waals surface area contributed by atoms with Crippen molar-refractivity contribution < 1.29 is 14.7 Å². The first-order chi connectivity index (χ1) is 8.33. The maximum absolute atomic E-state index is 12.2. The Bertz CT molecular complexity index is 511. The summed E-state index contributed by atoms with van der Waals surface area (Å²) >= 11 is 5.84. The molecule has 0 radical (unpaired) electrons. The van der Waals surface area contributed by atoms with E-state index < -0.39 is 11.4 Å². The topological polar surface area (TPSA) is 62.5 Å². The van der Waals surface area contributed by atoms with Crippen molar-refractivity contribution in [3.8, 4) is 0 Å². The number of rotatable bonds is 2. The van der Waals surface area contributed by atoms with Crippen molar-refractivity contribution in [3.05, 3.63) is 23.0 Å². The number of carboxylic acids is 1. The molecule has 1 aromatic rings. The molecule has 1 amide bonds. The molecule has 5 nitrogen and oxygen atoms in total. The van der Waals surface area contributed by atoms with Crippen LogP contribution in [-0.2, 0) is 11.8 Å². The first-order valence-electron chi connectivity index (χ1n) is 5.68. The Morgan fingerprint density at radius 2 is 2.17 bits per heavy atom. The van der Waals surface area contributed by atoms with Crippen LogP contribution in [0, 0.1) is 5.41 Å². The molecule has 0 spiro atoms. The Morgan fingerprint density at radius 3 is 2.61 bits per heavy atom. The summed E-state index contributed by atoms with van der Waals surface area (Å²) < 4.78 is 1.65. The lowest BCUT2D eigenvalue weighted by molar-refractivity contribution is -0.147. The van der Waals surface area contributed by atoms with Crippen LogP contribution in [0.15, 0.2) is 12.3 Å². The smallest absolute Gasteiger partial charge is 0.311 e. The molecule has 1 N–H and O–H groups in total. The fourth-order valence-electron chi connectivity index (χ4n) is 2.21. The molecule has 0 unspecified atom stereocenters. The van der Waals surface area contributed by atoms with Gasteiger partial charge in [0.25, 0.3) is 5.91 Å². The summed E-state index contributed by atoms with van der Waals surface area (Å²) in [5.41, 5.74) is -0.361. The maximum atomic E-state index is 12.2. The van der Waals surface area contributed by atoms with Gasteiger partial charge in [-0.1, -0.05) is 11.6 Å². The summed E-state index contributed by atoms with van der Waals surface area (Å²) in [5, 5.41) is 9.64. The fourth-order valence-corrected chi connectivity index (χ4v) is 2.46. The van der Waals surface area contributed by atoms with Gasteiger partial charge in [0, 0.05) is 26.3 Å². The van der Waals surface area contributed by atoms with Crippen molar-refractivity contribution in [2.45, 2.75) is 13.3 Å². The standard InChI is InChI=1S/C12H15ClN2O3/c1-12(11(17)18)3-4-15(7-12)10(16)9-5-8(13)6-14(9)2/h5-6H,3-4,7H2,1-2H3,(H,17,18)/t12-/m1/s1. The zero-order chi connectivity index (χ0) is 13.5. The third-order valence-corrected chi connectivity index (χ3v) is 3.67. The molecule has 0 saturated carbocycles. The summed E-state index contributed by atoms with van der Waals surface area (Å²) in [5.74, 6) is -1.03. The van der Waals surface area contributed by atoms with Crippen molar-refractivity contribution >= 4 is 23.5 Å². The van der Waals surface area contributed by atoms with Gasteiger partial charge in [0.15, 0.2) is 0 Å². The maximum Gasteiger partial charge on any atom is 0.311 e. The lowest BCUT2D eigenvalue weighted by Gasteiger charge is -2.20. The molecule has 0 aromatic carbocycles. The summed E-state index contributed by atoms with van der Waals surface area (Å²) in [6.07, 6.45) is 2.13. The number of halogens is 1. The summed E-state index contributed by atoms with van der Waals surface area (Å²) in [7, 11) is 1.74. The zero-order valence-corrected chi connectivity index (χ0v) is 11.1. The van der Waals surface area contributed by atoms with Gasteiger partial charge in [-0.3, -0.25) is 9.59 Å². The van der Waals surface area contributed by atoms with Crippen molar-refractivity contribution in [2.24, 2.45) is 12.5 Å². The molecule has 0 bridgehead atoms. The van der Waals surface area contributed by atoms with E-state index in [1.807, 2.05) is 0 Å². The number of carbonyl (C=O) groups excluding carboxylic acids is 1. The number of aromatic nitrogens is 1.